The SMILES string of the molecule is CC(C)(C)OC(=O)N(CCOCCO[Si](C)(C)C(C)(C)C)c1ccn2ncc(-c3cccc(NS(=O)(=O)c4ccccc4[N+](=O)[O-])c3)c2n1. The number of nitrogens with one attached hydrogen (secondary N) is 1. The van der Waals surface area contributed by atoms with Crippen molar-refractivity contribution in [3.05, 3.63) is 77.1 Å². The number of nitro benzene ring substituents is 1. The highest BCUT2D eigenvalue weighted by atomic mass is 32.2. The lowest BCUT2D eigenvalue weighted by atomic mass is 10.1. The maximum absolute atomic E-state index is 13.4. The van der Waals surface area contributed by atoms with E-state index < -0.39 is 45.5 Å². The first-order valence-electron chi connectivity index (χ1n) is 15.7. The van der Waals surface area contributed by atoms with Crippen molar-refractivity contribution in [2.75, 3.05) is 36.0 Å². The van der Waals surface area contributed by atoms with E-state index in [-0.39, 0.29) is 23.9 Å². The van der Waals surface area contributed by atoms with Crippen molar-refractivity contribution in [3.8, 4) is 11.1 Å². The van der Waals surface area contributed by atoms with Crippen molar-refractivity contribution in [1.82, 2.24) is 14.6 Å². The Morgan fingerprint density at radius 3 is 2.41 bits per heavy atom. The molecule has 0 aliphatic heterocycles. The Morgan fingerprint density at radius 1 is 1.02 bits per heavy atom. The Hall–Kier alpha value is -4.38. The normalized spacial score (nSPS) is 12.6. The van der Waals surface area contributed by atoms with Crippen molar-refractivity contribution in [2.45, 2.75) is 70.2 Å². The van der Waals surface area contributed by atoms with Gasteiger partial charge in [0.2, 0.25) is 0 Å². The molecule has 0 saturated heterocycles. The van der Waals surface area contributed by atoms with Crippen LogP contribution >= 0.6 is 0 Å². The third-order valence-electron chi connectivity index (χ3n) is 7.98. The maximum atomic E-state index is 13.4. The quantitative estimate of drug-likeness (QED) is 0.0667. The summed E-state index contributed by atoms with van der Waals surface area (Å²) in [6, 6.07) is 13.2. The minimum atomic E-state index is -4.29. The summed E-state index contributed by atoms with van der Waals surface area (Å²) in [5.74, 6) is 0.304. The zero-order chi connectivity index (χ0) is 36.2. The molecule has 16 heteroatoms. The molecule has 1 amide bonds. The molecule has 2 heterocycles. The van der Waals surface area contributed by atoms with Crippen LogP contribution in [0, 0.1) is 10.1 Å². The third-order valence-corrected chi connectivity index (χ3v) is 13.9. The van der Waals surface area contributed by atoms with Crippen LogP contribution in [0.3, 0.4) is 0 Å². The summed E-state index contributed by atoms with van der Waals surface area (Å²) in [7, 11) is -6.21. The van der Waals surface area contributed by atoms with Crippen LogP contribution in [0.5, 0.6) is 0 Å². The second kappa shape index (κ2) is 14.6. The fourth-order valence-corrected chi connectivity index (χ4v) is 6.70. The lowest BCUT2D eigenvalue weighted by Crippen LogP contribution is -2.42. The molecule has 0 aliphatic rings. The minimum Gasteiger partial charge on any atom is -0.443 e. The van der Waals surface area contributed by atoms with Crippen molar-refractivity contribution < 1.29 is 32.0 Å². The summed E-state index contributed by atoms with van der Waals surface area (Å²) in [5, 5.41) is 15.9. The second-order valence-electron chi connectivity index (χ2n) is 13.9. The van der Waals surface area contributed by atoms with Gasteiger partial charge in [0.15, 0.2) is 18.9 Å². The number of para-hydroxylation sites is 1. The summed E-state index contributed by atoms with van der Waals surface area (Å²) in [5.41, 5.74) is 0.398. The topological polar surface area (TPSA) is 168 Å². The van der Waals surface area contributed by atoms with Gasteiger partial charge in [0, 0.05) is 23.5 Å². The van der Waals surface area contributed by atoms with Crippen LogP contribution in [0.15, 0.2) is 71.9 Å². The highest BCUT2D eigenvalue weighted by Gasteiger charge is 2.37. The van der Waals surface area contributed by atoms with Crippen LogP contribution in [0.4, 0.5) is 22.0 Å². The first kappa shape index (κ1) is 37.4. The smallest absolute Gasteiger partial charge is 0.416 e. The van der Waals surface area contributed by atoms with Crippen molar-refractivity contribution in [3.63, 3.8) is 0 Å². The number of rotatable bonds is 13. The monoisotopic (exact) mass is 712 g/mol. The van der Waals surface area contributed by atoms with Gasteiger partial charge in [-0.1, -0.05) is 45.0 Å². The molecule has 49 heavy (non-hydrogen) atoms. The Labute approximate surface area is 287 Å². The van der Waals surface area contributed by atoms with Crippen LogP contribution in [-0.4, -0.2) is 74.3 Å². The molecular weight excluding hydrogens is 669 g/mol. The number of amides is 1. The number of nitrogens with zero attached hydrogens (tertiary/aromatic N) is 5. The van der Waals surface area contributed by atoms with Gasteiger partial charge in [-0.05, 0) is 68.7 Å². The van der Waals surface area contributed by atoms with E-state index in [4.69, 9.17) is 18.9 Å². The number of fused-ring (bicyclic) bond motifs is 1. The molecule has 14 nitrogen and oxygen atoms in total. The Balaban J connectivity index is 1.57. The number of ether oxygens (including phenoxy) is 2. The standard InChI is InChI=1S/C33H44N6O8SSi/c1-32(2,3)47-31(40)37(18-19-45-20-21-46-49(7,8)33(4,5)6)29-16-17-38-30(35-29)26(23-34-38)24-12-11-13-25(22-24)36-48(43,44)28-15-10-9-14-27(28)39(41)42/h9-17,22-23,36H,18-21H2,1-8H3. The first-order valence-corrected chi connectivity index (χ1v) is 20.1. The van der Waals surface area contributed by atoms with E-state index in [1.807, 2.05) is 0 Å². The molecule has 0 bridgehead atoms. The minimum absolute atomic E-state index is 0.0816. The number of benzene rings is 2. The molecule has 0 unspecified atom stereocenters. The Morgan fingerprint density at radius 2 is 1.73 bits per heavy atom. The number of anilines is 2. The fraction of sp³-hybridized carbons (Fsp3) is 0.424. The maximum Gasteiger partial charge on any atom is 0.416 e. The van der Waals surface area contributed by atoms with Crippen LogP contribution in [0.25, 0.3) is 16.8 Å². The zero-order valence-electron chi connectivity index (χ0n) is 29.1. The Kier molecular flexibility index (Phi) is 11.2. The summed E-state index contributed by atoms with van der Waals surface area (Å²) in [6.07, 6.45) is 2.64. The van der Waals surface area contributed by atoms with Gasteiger partial charge in [0.1, 0.15) is 11.4 Å². The number of hydrogen-bond donors (Lipinski definition) is 1. The van der Waals surface area contributed by atoms with Crippen molar-refractivity contribution in [2.24, 2.45) is 0 Å². The van der Waals surface area contributed by atoms with Gasteiger partial charge in [-0.15, -0.1) is 0 Å². The number of sulfonamides is 1. The predicted octanol–water partition coefficient (Wildman–Crippen LogP) is 6.89. The predicted molar refractivity (Wildman–Crippen MR) is 190 cm³/mol. The number of carbonyl (C=O) groups excluding carboxylic acids is 1. The molecule has 1 N–H and O–H groups in total. The van der Waals surface area contributed by atoms with Crippen LogP contribution in [-0.2, 0) is 23.9 Å². The molecule has 0 atom stereocenters. The summed E-state index contributed by atoms with van der Waals surface area (Å²) in [4.78, 5) is 29.8. The molecule has 0 fully saturated rings. The van der Waals surface area contributed by atoms with Crippen molar-refractivity contribution in [1.29, 1.82) is 0 Å². The van der Waals surface area contributed by atoms with E-state index in [9.17, 15) is 23.3 Å². The van der Waals surface area contributed by atoms with Gasteiger partial charge in [0.25, 0.3) is 15.7 Å². The molecule has 0 spiro atoms. The number of hydrogen-bond acceptors (Lipinski definition) is 10. The van der Waals surface area contributed by atoms with Gasteiger partial charge in [-0.3, -0.25) is 19.7 Å². The van der Waals surface area contributed by atoms with Crippen LogP contribution in [0.1, 0.15) is 41.5 Å². The molecule has 4 rings (SSSR count). The molecule has 2 aromatic heterocycles. The molecule has 0 aliphatic carbocycles. The number of carbonyl (C=O) groups is 1. The van der Waals surface area contributed by atoms with E-state index in [1.54, 1.807) is 57.4 Å². The Bertz CT molecular complexity index is 1920. The van der Waals surface area contributed by atoms with E-state index in [0.29, 0.717) is 35.8 Å². The lowest BCUT2D eigenvalue weighted by Gasteiger charge is -2.36. The average molecular weight is 713 g/mol. The van der Waals surface area contributed by atoms with E-state index in [1.165, 1.54) is 33.7 Å². The van der Waals surface area contributed by atoms with E-state index >= 15 is 0 Å². The van der Waals surface area contributed by atoms with Gasteiger partial charge >= 0.3 is 6.09 Å². The summed E-state index contributed by atoms with van der Waals surface area (Å²) in [6.45, 7) is 17.4. The van der Waals surface area contributed by atoms with Crippen molar-refractivity contribution >= 4 is 47.3 Å². The number of aromatic nitrogens is 3. The average Bonchev–Trinajstić information content (AvgIpc) is 3.42. The van der Waals surface area contributed by atoms with E-state index in [2.05, 4.69) is 43.7 Å². The van der Waals surface area contributed by atoms with Gasteiger partial charge in [0.05, 0.1) is 37.5 Å². The second-order valence-corrected chi connectivity index (χ2v) is 20.3. The largest absolute Gasteiger partial charge is 0.443 e. The summed E-state index contributed by atoms with van der Waals surface area (Å²) < 4.78 is 48.0. The highest BCUT2D eigenvalue weighted by molar-refractivity contribution is 7.92. The molecule has 2 aromatic carbocycles. The van der Waals surface area contributed by atoms with Gasteiger partial charge in [-0.2, -0.15) is 5.10 Å². The third kappa shape index (κ3) is 9.41. The van der Waals surface area contributed by atoms with Crippen LogP contribution in [0.2, 0.25) is 18.1 Å². The molecule has 264 valence electrons. The fourth-order valence-electron chi connectivity index (χ4n) is 4.46. The van der Waals surface area contributed by atoms with Crippen LogP contribution < -0.4 is 9.62 Å². The van der Waals surface area contributed by atoms with Gasteiger partial charge < -0.3 is 13.9 Å². The first-order chi connectivity index (χ1) is 22.8. The molecule has 0 saturated carbocycles. The molecular formula is C33H44N6O8SSi. The molecule has 0 radical (unpaired) electrons. The molecule has 4 aromatic rings. The highest BCUT2D eigenvalue weighted by Crippen LogP contribution is 2.36. The van der Waals surface area contributed by atoms with E-state index in [0.717, 1.165) is 6.07 Å². The number of nitro groups is 1. The van der Waals surface area contributed by atoms with Gasteiger partial charge in [-0.25, -0.2) is 22.7 Å². The summed E-state index contributed by atoms with van der Waals surface area (Å²) >= 11 is 0. The lowest BCUT2D eigenvalue weighted by molar-refractivity contribution is -0.387. The zero-order valence-corrected chi connectivity index (χ0v) is 30.9.